The van der Waals surface area contributed by atoms with Gasteiger partial charge in [0.05, 0.1) is 7.11 Å². The van der Waals surface area contributed by atoms with E-state index in [4.69, 9.17) is 9.47 Å². The van der Waals surface area contributed by atoms with Crippen molar-refractivity contribution in [3.05, 3.63) is 58.1 Å². The number of hydrogen-bond donors (Lipinski definition) is 1. The number of nitrogens with one attached hydrogen (secondary N) is 1. The first-order chi connectivity index (χ1) is 11.0. The highest BCUT2D eigenvalue weighted by Crippen LogP contribution is 2.21. The number of esters is 1. The van der Waals surface area contributed by atoms with Gasteiger partial charge in [-0.1, -0.05) is 34.1 Å². The van der Waals surface area contributed by atoms with Crippen molar-refractivity contribution in [1.29, 1.82) is 0 Å². The second-order valence-electron chi connectivity index (χ2n) is 4.79. The quantitative estimate of drug-likeness (QED) is 0.809. The lowest BCUT2D eigenvalue weighted by atomic mass is 10.2. The minimum atomic E-state index is -0.609. The van der Waals surface area contributed by atoms with Crippen LogP contribution in [0.5, 0.6) is 5.75 Å². The van der Waals surface area contributed by atoms with Gasteiger partial charge in [0.15, 0.2) is 6.61 Å². The molecule has 2 aromatic rings. The van der Waals surface area contributed by atoms with E-state index in [0.29, 0.717) is 11.4 Å². The van der Waals surface area contributed by atoms with Gasteiger partial charge in [-0.15, -0.1) is 0 Å². The Kier molecular flexibility index (Phi) is 5.76. The molecule has 0 saturated heterocycles. The number of aryl methyl sites for hydroxylation is 1. The lowest BCUT2D eigenvalue weighted by Gasteiger charge is -2.09. The van der Waals surface area contributed by atoms with Gasteiger partial charge in [-0.05, 0) is 36.8 Å². The average Bonchev–Trinajstić information content (AvgIpc) is 2.56. The molecule has 0 radical (unpaired) electrons. The maximum absolute atomic E-state index is 12.0. The Labute approximate surface area is 142 Å². The van der Waals surface area contributed by atoms with Crippen molar-refractivity contribution in [3.8, 4) is 5.75 Å². The van der Waals surface area contributed by atoms with Crippen LogP contribution in [0, 0.1) is 6.92 Å². The molecule has 2 aromatic carbocycles. The van der Waals surface area contributed by atoms with E-state index in [1.807, 2.05) is 13.0 Å². The number of halogens is 1. The van der Waals surface area contributed by atoms with Crippen molar-refractivity contribution in [1.82, 2.24) is 0 Å². The van der Waals surface area contributed by atoms with Crippen LogP contribution in [0.3, 0.4) is 0 Å². The van der Waals surface area contributed by atoms with Crippen molar-refractivity contribution in [2.45, 2.75) is 6.92 Å². The summed E-state index contributed by atoms with van der Waals surface area (Å²) in [6, 6.07) is 12.1. The molecule has 120 valence electrons. The van der Waals surface area contributed by atoms with Crippen LogP contribution in [0.2, 0.25) is 0 Å². The Morgan fingerprint density at radius 1 is 1.17 bits per heavy atom. The number of carbonyl (C=O) groups excluding carboxylic acids is 2. The predicted octanol–water partition coefficient (Wildman–Crippen LogP) is 3.56. The summed E-state index contributed by atoms with van der Waals surface area (Å²) in [5, 5.41) is 2.67. The minimum Gasteiger partial charge on any atom is -0.496 e. The number of para-hydroxylation sites is 1. The van der Waals surface area contributed by atoms with Gasteiger partial charge in [0.2, 0.25) is 0 Å². The summed E-state index contributed by atoms with van der Waals surface area (Å²) in [5.41, 5.74) is 1.97. The van der Waals surface area contributed by atoms with Gasteiger partial charge in [-0.3, -0.25) is 4.79 Å². The fraction of sp³-hybridized carbons (Fsp3) is 0.176. The summed E-state index contributed by atoms with van der Waals surface area (Å²) in [4.78, 5) is 23.9. The molecular weight excluding hydrogens is 362 g/mol. The van der Waals surface area contributed by atoms with Gasteiger partial charge < -0.3 is 14.8 Å². The molecule has 6 heteroatoms. The van der Waals surface area contributed by atoms with E-state index in [2.05, 4.69) is 21.2 Å². The van der Waals surface area contributed by atoms with E-state index in [1.54, 1.807) is 36.4 Å². The highest BCUT2D eigenvalue weighted by atomic mass is 79.9. The number of amides is 1. The first-order valence-corrected chi connectivity index (χ1v) is 7.66. The minimum absolute atomic E-state index is 0.279. The Bertz CT molecular complexity index is 730. The van der Waals surface area contributed by atoms with Gasteiger partial charge in [0.1, 0.15) is 11.3 Å². The molecule has 2 rings (SSSR count). The maximum atomic E-state index is 12.0. The van der Waals surface area contributed by atoms with Crippen LogP contribution >= 0.6 is 15.9 Å². The van der Waals surface area contributed by atoms with Crippen molar-refractivity contribution in [2.75, 3.05) is 19.0 Å². The normalized spacial score (nSPS) is 10.0. The summed E-state index contributed by atoms with van der Waals surface area (Å²) in [5.74, 6) is -0.618. The fourth-order valence-electron chi connectivity index (χ4n) is 1.89. The second kappa shape index (κ2) is 7.78. The Hall–Kier alpha value is -2.34. The smallest absolute Gasteiger partial charge is 0.342 e. The number of benzene rings is 2. The van der Waals surface area contributed by atoms with Crippen molar-refractivity contribution in [2.24, 2.45) is 0 Å². The zero-order chi connectivity index (χ0) is 16.8. The van der Waals surface area contributed by atoms with E-state index in [0.717, 1.165) is 10.0 Å². The molecule has 0 fully saturated rings. The molecule has 0 saturated carbocycles. The van der Waals surface area contributed by atoms with Gasteiger partial charge in [-0.25, -0.2) is 4.79 Å². The Balaban J connectivity index is 1.93. The Morgan fingerprint density at radius 2 is 1.91 bits per heavy atom. The zero-order valence-electron chi connectivity index (χ0n) is 12.8. The second-order valence-corrected chi connectivity index (χ2v) is 5.64. The topological polar surface area (TPSA) is 64.6 Å². The van der Waals surface area contributed by atoms with Gasteiger partial charge in [-0.2, -0.15) is 0 Å². The van der Waals surface area contributed by atoms with Crippen LogP contribution in [-0.4, -0.2) is 25.6 Å². The molecule has 1 N–H and O–H groups in total. The summed E-state index contributed by atoms with van der Waals surface area (Å²) in [6.45, 7) is 1.58. The monoisotopic (exact) mass is 377 g/mol. The highest BCUT2D eigenvalue weighted by molar-refractivity contribution is 9.10. The van der Waals surface area contributed by atoms with Crippen LogP contribution in [0.25, 0.3) is 0 Å². The van der Waals surface area contributed by atoms with Crippen LogP contribution < -0.4 is 10.1 Å². The molecule has 0 unspecified atom stereocenters. The number of ether oxygens (including phenoxy) is 2. The molecular formula is C17H16BrNO4. The third kappa shape index (κ3) is 4.56. The van der Waals surface area contributed by atoms with Gasteiger partial charge in [0, 0.05) is 10.2 Å². The third-order valence-corrected chi connectivity index (χ3v) is 3.97. The van der Waals surface area contributed by atoms with Crippen LogP contribution in [0.1, 0.15) is 15.9 Å². The molecule has 1 amide bonds. The number of methoxy groups -OCH3 is 1. The van der Waals surface area contributed by atoms with Crippen molar-refractivity contribution >= 4 is 33.5 Å². The number of hydrogen-bond acceptors (Lipinski definition) is 4. The van der Waals surface area contributed by atoms with Crippen molar-refractivity contribution < 1.29 is 19.1 Å². The molecule has 0 atom stereocenters. The molecule has 0 aliphatic heterocycles. The molecule has 0 aromatic heterocycles. The average molecular weight is 378 g/mol. The fourth-order valence-corrected chi connectivity index (χ4v) is 2.27. The predicted molar refractivity (Wildman–Crippen MR) is 90.8 cm³/mol. The molecule has 0 spiro atoms. The summed E-state index contributed by atoms with van der Waals surface area (Å²) >= 11 is 3.39. The van der Waals surface area contributed by atoms with E-state index in [-0.39, 0.29) is 12.2 Å². The molecule has 0 aliphatic rings. The summed E-state index contributed by atoms with van der Waals surface area (Å²) in [6.07, 6.45) is 0. The highest BCUT2D eigenvalue weighted by Gasteiger charge is 2.14. The molecule has 23 heavy (non-hydrogen) atoms. The summed E-state index contributed by atoms with van der Waals surface area (Å²) < 4.78 is 11.0. The first kappa shape index (κ1) is 17.0. The third-order valence-electron chi connectivity index (χ3n) is 3.12. The molecule has 5 nitrogen and oxygen atoms in total. The van der Waals surface area contributed by atoms with Gasteiger partial charge in [0.25, 0.3) is 5.91 Å². The van der Waals surface area contributed by atoms with Crippen LogP contribution in [0.4, 0.5) is 5.69 Å². The lowest BCUT2D eigenvalue weighted by Crippen LogP contribution is -2.21. The van der Waals surface area contributed by atoms with Crippen LogP contribution in [-0.2, 0) is 9.53 Å². The summed E-state index contributed by atoms with van der Waals surface area (Å²) in [7, 11) is 1.47. The van der Waals surface area contributed by atoms with Crippen molar-refractivity contribution in [3.63, 3.8) is 0 Å². The SMILES string of the molecule is COc1ccccc1C(=O)OCC(=O)Nc1ccc(C)c(Br)c1. The van der Waals surface area contributed by atoms with Gasteiger partial charge >= 0.3 is 5.97 Å². The Morgan fingerprint density at radius 3 is 2.61 bits per heavy atom. The standard InChI is InChI=1S/C17H16BrNO4/c1-11-7-8-12(9-14(11)18)19-16(20)10-23-17(21)13-5-3-4-6-15(13)22-2/h3-9H,10H2,1-2H3,(H,19,20). The largest absolute Gasteiger partial charge is 0.496 e. The first-order valence-electron chi connectivity index (χ1n) is 6.87. The van der Waals surface area contributed by atoms with Crippen LogP contribution in [0.15, 0.2) is 46.9 Å². The molecule has 0 bridgehead atoms. The van der Waals surface area contributed by atoms with E-state index < -0.39 is 11.9 Å². The molecule has 0 aliphatic carbocycles. The maximum Gasteiger partial charge on any atom is 0.342 e. The van der Waals surface area contributed by atoms with E-state index >= 15 is 0 Å². The lowest BCUT2D eigenvalue weighted by molar-refractivity contribution is -0.119. The number of anilines is 1. The van der Waals surface area contributed by atoms with E-state index in [9.17, 15) is 9.59 Å². The number of rotatable bonds is 5. The molecule has 0 heterocycles. The zero-order valence-corrected chi connectivity index (χ0v) is 14.3. The number of carbonyl (C=O) groups is 2. The van der Waals surface area contributed by atoms with E-state index in [1.165, 1.54) is 7.11 Å².